The summed E-state index contributed by atoms with van der Waals surface area (Å²) in [7, 11) is 0.522. The van der Waals surface area contributed by atoms with Crippen LogP contribution in [0.5, 0.6) is 0 Å². The number of anilines is 1. The third-order valence-corrected chi connectivity index (χ3v) is 5.07. The molecule has 1 N–H and O–H groups in total. The van der Waals surface area contributed by atoms with Crippen molar-refractivity contribution in [3.63, 3.8) is 0 Å². The van der Waals surface area contributed by atoms with Crippen molar-refractivity contribution in [2.45, 2.75) is 26.7 Å². The molecule has 0 saturated heterocycles. The van der Waals surface area contributed by atoms with E-state index in [1.54, 1.807) is 6.07 Å². The summed E-state index contributed by atoms with van der Waals surface area (Å²) in [5, 5.41) is 2.84. The number of benzene rings is 1. The van der Waals surface area contributed by atoms with Crippen molar-refractivity contribution in [1.29, 1.82) is 0 Å². The van der Waals surface area contributed by atoms with Gasteiger partial charge in [-0.1, -0.05) is 12.1 Å². The van der Waals surface area contributed by atoms with Crippen molar-refractivity contribution >= 4 is 21.6 Å². The molecule has 24 heavy (non-hydrogen) atoms. The fourth-order valence-corrected chi connectivity index (χ4v) is 3.36. The zero-order chi connectivity index (χ0) is 18.3. The zero-order valence-electron chi connectivity index (χ0n) is 15.3. The molecule has 0 aliphatic rings. The second-order valence-corrected chi connectivity index (χ2v) is 8.22. The van der Waals surface area contributed by atoms with E-state index in [1.807, 2.05) is 40.1 Å². The van der Waals surface area contributed by atoms with Crippen LogP contribution in [0.3, 0.4) is 0 Å². The van der Waals surface area contributed by atoms with Gasteiger partial charge in [0.1, 0.15) is 0 Å². The van der Waals surface area contributed by atoms with Crippen molar-refractivity contribution in [3.8, 4) is 0 Å². The molecule has 0 radical (unpaired) electrons. The highest BCUT2D eigenvalue weighted by molar-refractivity contribution is 7.92. The minimum atomic E-state index is -3.44. The van der Waals surface area contributed by atoms with E-state index < -0.39 is 10.0 Å². The molecule has 1 rings (SSSR count). The average molecular weight is 356 g/mol. The topological polar surface area (TPSA) is 69.7 Å². The molecule has 1 aromatic rings. The number of hydrogen-bond donors (Lipinski definition) is 1. The average Bonchev–Trinajstić information content (AvgIpc) is 2.46. The molecule has 6 nitrogen and oxygen atoms in total. The first-order valence-electron chi connectivity index (χ1n) is 8.08. The van der Waals surface area contributed by atoms with Crippen molar-refractivity contribution in [3.05, 3.63) is 29.3 Å². The zero-order valence-corrected chi connectivity index (χ0v) is 16.1. The largest absolute Gasteiger partial charge is 0.356 e. The minimum absolute atomic E-state index is 0.132. The van der Waals surface area contributed by atoms with E-state index in [9.17, 15) is 13.2 Å². The van der Waals surface area contributed by atoms with E-state index >= 15 is 0 Å². The molecule has 0 saturated carbocycles. The first-order chi connectivity index (χ1) is 11.1. The number of hydrogen-bond acceptors (Lipinski definition) is 4. The normalized spacial score (nSPS) is 11.6. The Morgan fingerprint density at radius 1 is 1.17 bits per heavy atom. The Kier molecular flexibility index (Phi) is 7.69. The van der Waals surface area contributed by atoms with Crippen LogP contribution < -0.4 is 9.62 Å². The fourth-order valence-electron chi connectivity index (χ4n) is 2.39. The van der Waals surface area contributed by atoms with Gasteiger partial charge >= 0.3 is 0 Å². The van der Waals surface area contributed by atoms with Crippen LogP contribution in [0.25, 0.3) is 0 Å². The molecule has 136 valence electrons. The van der Waals surface area contributed by atoms with Gasteiger partial charge in [-0.3, -0.25) is 9.10 Å². The molecular formula is C17H29N3O3S. The van der Waals surface area contributed by atoms with Gasteiger partial charge in [-0.05, 0) is 58.1 Å². The molecule has 0 unspecified atom stereocenters. The van der Waals surface area contributed by atoms with Gasteiger partial charge in [-0.15, -0.1) is 0 Å². The molecule has 0 aromatic heterocycles. The van der Waals surface area contributed by atoms with Crippen LogP contribution in [-0.2, 0) is 14.8 Å². The van der Waals surface area contributed by atoms with Gasteiger partial charge in [0.2, 0.25) is 15.9 Å². The van der Waals surface area contributed by atoms with Crippen LogP contribution in [-0.4, -0.2) is 59.2 Å². The van der Waals surface area contributed by atoms with Crippen LogP contribution in [0.2, 0.25) is 0 Å². The SMILES string of the molecule is Cc1cccc(N(CCC(=O)NCCCN(C)C)S(C)(=O)=O)c1C. The second-order valence-electron chi connectivity index (χ2n) is 6.31. The molecule has 0 atom stereocenters. The van der Waals surface area contributed by atoms with E-state index in [2.05, 4.69) is 10.2 Å². The van der Waals surface area contributed by atoms with Crippen molar-refractivity contribution in [2.75, 3.05) is 44.3 Å². The maximum absolute atomic E-state index is 12.1. The summed E-state index contributed by atoms with van der Waals surface area (Å²) in [6, 6.07) is 5.55. The number of sulfonamides is 1. The maximum atomic E-state index is 12.1. The third-order valence-electron chi connectivity index (χ3n) is 3.89. The summed E-state index contributed by atoms with van der Waals surface area (Å²) in [4.78, 5) is 14.0. The van der Waals surface area contributed by atoms with Crippen molar-refractivity contribution in [2.24, 2.45) is 0 Å². The Bertz CT molecular complexity index is 657. The van der Waals surface area contributed by atoms with Gasteiger partial charge in [0.25, 0.3) is 0 Å². The predicted octanol–water partition coefficient (Wildman–Crippen LogP) is 1.53. The lowest BCUT2D eigenvalue weighted by Crippen LogP contribution is -2.35. The van der Waals surface area contributed by atoms with E-state index in [1.165, 1.54) is 10.6 Å². The number of nitrogens with one attached hydrogen (secondary N) is 1. The minimum Gasteiger partial charge on any atom is -0.356 e. The number of rotatable bonds is 9. The second kappa shape index (κ2) is 9.03. The van der Waals surface area contributed by atoms with E-state index in [0.29, 0.717) is 12.2 Å². The Morgan fingerprint density at radius 3 is 2.42 bits per heavy atom. The molecule has 0 bridgehead atoms. The van der Waals surface area contributed by atoms with E-state index in [4.69, 9.17) is 0 Å². The molecule has 7 heteroatoms. The van der Waals surface area contributed by atoms with Gasteiger partial charge in [0.15, 0.2) is 0 Å². The first-order valence-corrected chi connectivity index (χ1v) is 9.93. The molecule has 0 spiro atoms. The lowest BCUT2D eigenvalue weighted by molar-refractivity contribution is -0.120. The highest BCUT2D eigenvalue weighted by Crippen LogP contribution is 2.25. The van der Waals surface area contributed by atoms with Crippen molar-refractivity contribution in [1.82, 2.24) is 10.2 Å². The lowest BCUT2D eigenvalue weighted by Gasteiger charge is -2.24. The standard InChI is InChI=1S/C17H29N3O3S/c1-14-8-6-9-16(15(14)2)20(24(5,22)23)13-10-17(21)18-11-7-12-19(3)4/h6,8-9H,7,10-13H2,1-5H3,(H,18,21). The summed E-state index contributed by atoms with van der Waals surface area (Å²) < 4.78 is 25.6. The molecular weight excluding hydrogens is 326 g/mol. The smallest absolute Gasteiger partial charge is 0.232 e. The molecule has 1 aromatic carbocycles. The van der Waals surface area contributed by atoms with Gasteiger partial charge in [-0.25, -0.2) is 8.42 Å². The summed E-state index contributed by atoms with van der Waals surface area (Å²) in [5.41, 5.74) is 2.57. The Labute approximate surface area is 145 Å². The fraction of sp³-hybridized carbons (Fsp3) is 0.588. The maximum Gasteiger partial charge on any atom is 0.232 e. The number of carbonyl (C=O) groups is 1. The number of nitrogens with zero attached hydrogens (tertiary/aromatic N) is 2. The third kappa shape index (κ3) is 6.49. The van der Waals surface area contributed by atoms with Crippen LogP contribution >= 0.6 is 0 Å². The lowest BCUT2D eigenvalue weighted by atomic mass is 10.1. The van der Waals surface area contributed by atoms with Gasteiger partial charge in [-0.2, -0.15) is 0 Å². The quantitative estimate of drug-likeness (QED) is 0.682. The Morgan fingerprint density at radius 2 is 1.83 bits per heavy atom. The monoisotopic (exact) mass is 355 g/mol. The van der Waals surface area contributed by atoms with Gasteiger partial charge < -0.3 is 10.2 Å². The van der Waals surface area contributed by atoms with Gasteiger partial charge in [0.05, 0.1) is 11.9 Å². The highest BCUT2D eigenvalue weighted by Gasteiger charge is 2.20. The van der Waals surface area contributed by atoms with Gasteiger partial charge in [0, 0.05) is 19.5 Å². The van der Waals surface area contributed by atoms with Crippen LogP contribution in [0.1, 0.15) is 24.0 Å². The molecule has 0 aliphatic heterocycles. The summed E-state index contributed by atoms with van der Waals surface area (Å²) in [6.45, 7) is 5.47. The Balaban J connectivity index is 2.69. The number of carbonyl (C=O) groups excluding carboxylic acids is 1. The van der Waals surface area contributed by atoms with Crippen LogP contribution in [0, 0.1) is 13.8 Å². The van der Waals surface area contributed by atoms with E-state index in [-0.39, 0.29) is 18.9 Å². The highest BCUT2D eigenvalue weighted by atomic mass is 32.2. The summed E-state index contributed by atoms with van der Waals surface area (Å²) in [6.07, 6.45) is 2.18. The van der Waals surface area contributed by atoms with E-state index in [0.717, 1.165) is 24.1 Å². The summed E-state index contributed by atoms with van der Waals surface area (Å²) in [5.74, 6) is -0.132. The molecule has 0 heterocycles. The number of amides is 1. The van der Waals surface area contributed by atoms with Crippen LogP contribution in [0.4, 0.5) is 5.69 Å². The van der Waals surface area contributed by atoms with Crippen molar-refractivity contribution < 1.29 is 13.2 Å². The predicted molar refractivity (Wildman–Crippen MR) is 98.9 cm³/mol. The summed E-state index contributed by atoms with van der Waals surface area (Å²) >= 11 is 0. The molecule has 0 aliphatic carbocycles. The molecule has 0 fully saturated rings. The Hall–Kier alpha value is -1.60. The number of aryl methyl sites for hydroxylation is 1. The molecule has 1 amide bonds. The van der Waals surface area contributed by atoms with Crippen LogP contribution in [0.15, 0.2) is 18.2 Å². The first kappa shape index (κ1) is 20.4.